The fourth-order valence-corrected chi connectivity index (χ4v) is 4.20. The van der Waals surface area contributed by atoms with Crippen LogP contribution in [0.25, 0.3) is 11.1 Å². The summed E-state index contributed by atoms with van der Waals surface area (Å²) in [7, 11) is 0. The van der Waals surface area contributed by atoms with E-state index in [0.717, 1.165) is 22.3 Å². The molecule has 0 bridgehead atoms. The molecule has 4 rings (SSSR count). The molecule has 8 heteroatoms. The summed E-state index contributed by atoms with van der Waals surface area (Å²) in [6.45, 7) is 3.17. The van der Waals surface area contributed by atoms with E-state index < -0.39 is 23.5 Å². The molecule has 0 aromatic heterocycles. The number of nitrogens with one attached hydrogen (secondary N) is 2. The summed E-state index contributed by atoms with van der Waals surface area (Å²) >= 11 is 5.87. The molecule has 0 spiro atoms. The second-order valence-electron chi connectivity index (χ2n) is 8.53. The molecule has 0 unspecified atom stereocenters. The van der Waals surface area contributed by atoms with Gasteiger partial charge in [-0.3, -0.25) is 4.79 Å². The van der Waals surface area contributed by atoms with Crippen LogP contribution < -0.4 is 10.6 Å². The van der Waals surface area contributed by atoms with Crippen molar-refractivity contribution in [1.82, 2.24) is 5.32 Å². The number of carbonyl (C=O) groups excluding carboxylic acids is 2. The van der Waals surface area contributed by atoms with E-state index in [1.807, 2.05) is 48.5 Å². The summed E-state index contributed by atoms with van der Waals surface area (Å²) in [6, 6.07) is 20.1. The minimum absolute atomic E-state index is 0.0570. The summed E-state index contributed by atoms with van der Waals surface area (Å²) in [4.78, 5) is 36.6. The van der Waals surface area contributed by atoms with Crippen LogP contribution in [0.4, 0.5) is 10.5 Å². The quantitative estimate of drug-likeness (QED) is 0.446. The van der Waals surface area contributed by atoms with Crippen LogP contribution in [0.1, 0.15) is 41.3 Å². The molecule has 3 aromatic rings. The molecule has 0 saturated carbocycles. The number of benzene rings is 3. The lowest BCUT2D eigenvalue weighted by atomic mass is 9.98. The van der Waals surface area contributed by atoms with Gasteiger partial charge < -0.3 is 20.5 Å². The average Bonchev–Trinajstić information content (AvgIpc) is 3.12. The van der Waals surface area contributed by atoms with Gasteiger partial charge in [0.1, 0.15) is 12.1 Å². The highest BCUT2D eigenvalue weighted by Crippen LogP contribution is 2.44. The molecule has 0 aliphatic heterocycles. The molecule has 34 heavy (non-hydrogen) atoms. The summed E-state index contributed by atoms with van der Waals surface area (Å²) in [5, 5.41) is 14.4. The average molecular weight is 479 g/mol. The van der Waals surface area contributed by atoms with Crippen LogP contribution in [0.2, 0.25) is 5.02 Å². The van der Waals surface area contributed by atoms with Crippen molar-refractivity contribution >= 4 is 35.3 Å². The minimum atomic E-state index is -1.33. The van der Waals surface area contributed by atoms with Crippen LogP contribution in [0.5, 0.6) is 0 Å². The fourth-order valence-electron chi connectivity index (χ4n) is 4.00. The molecular weight excluding hydrogens is 456 g/mol. The first-order chi connectivity index (χ1) is 16.2. The lowest BCUT2D eigenvalue weighted by molar-refractivity contribution is -0.121. The molecule has 3 aromatic carbocycles. The Labute approximate surface area is 201 Å². The lowest BCUT2D eigenvalue weighted by Crippen LogP contribution is -2.52. The van der Waals surface area contributed by atoms with Crippen molar-refractivity contribution in [3.63, 3.8) is 0 Å². The number of rotatable bonds is 6. The van der Waals surface area contributed by atoms with Crippen LogP contribution in [-0.2, 0) is 9.53 Å². The van der Waals surface area contributed by atoms with Crippen molar-refractivity contribution in [2.24, 2.45) is 0 Å². The standard InChI is InChI=1S/C26H23ClN2O5/c1-26(2,24(32)28-15-11-12-22(27)20(13-15)23(30)31)29-25(33)34-14-21-18-9-5-3-7-16(18)17-8-4-6-10-19(17)21/h3-13,21H,14H2,1-2H3,(H,28,32)(H,29,33)(H,30,31). The van der Waals surface area contributed by atoms with E-state index in [0.29, 0.717) is 0 Å². The Morgan fingerprint density at radius 1 is 0.971 bits per heavy atom. The summed E-state index contributed by atoms with van der Waals surface area (Å²) in [6.07, 6.45) is -0.732. The minimum Gasteiger partial charge on any atom is -0.478 e. The fraction of sp³-hybridized carbons (Fsp3) is 0.192. The maximum atomic E-state index is 12.8. The summed E-state index contributed by atoms with van der Waals surface area (Å²) in [5.74, 6) is -1.85. The molecule has 0 atom stereocenters. The highest BCUT2D eigenvalue weighted by Gasteiger charge is 2.32. The van der Waals surface area contributed by atoms with E-state index in [2.05, 4.69) is 10.6 Å². The van der Waals surface area contributed by atoms with Crippen molar-refractivity contribution in [2.45, 2.75) is 25.3 Å². The van der Waals surface area contributed by atoms with E-state index in [4.69, 9.17) is 16.3 Å². The third-order valence-corrected chi connectivity index (χ3v) is 6.11. The monoisotopic (exact) mass is 478 g/mol. The number of aromatic carboxylic acids is 1. The van der Waals surface area contributed by atoms with Gasteiger partial charge in [-0.25, -0.2) is 9.59 Å². The van der Waals surface area contributed by atoms with Crippen LogP contribution >= 0.6 is 11.6 Å². The molecule has 174 valence electrons. The third-order valence-electron chi connectivity index (χ3n) is 5.78. The van der Waals surface area contributed by atoms with Crippen molar-refractivity contribution < 1.29 is 24.2 Å². The van der Waals surface area contributed by atoms with Gasteiger partial charge in [0.15, 0.2) is 0 Å². The van der Waals surface area contributed by atoms with Gasteiger partial charge in [0.25, 0.3) is 0 Å². The molecular formula is C26H23ClN2O5. The number of fused-ring (bicyclic) bond motifs is 3. The maximum Gasteiger partial charge on any atom is 0.408 e. The molecule has 0 heterocycles. The van der Waals surface area contributed by atoms with Gasteiger partial charge in [0.2, 0.25) is 5.91 Å². The van der Waals surface area contributed by atoms with E-state index in [1.54, 1.807) is 0 Å². The first-order valence-electron chi connectivity index (χ1n) is 10.6. The van der Waals surface area contributed by atoms with Gasteiger partial charge in [0, 0.05) is 11.6 Å². The van der Waals surface area contributed by atoms with Crippen molar-refractivity contribution in [1.29, 1.82) is 0 Å². The predicted molar refractivity (Wildman–Crippen MR) is 129 cm³/mol. The Morgan fingerprint density at radius 3 is 2.15 bits per heavy atom. The third kappa shape index (κ3) is 4.61. The summed E-state index contributed by atoms with van der Waals surface area (Å²) < 4.78 is 5.52. The van der Waals surface area contributed by atoms with Crippen LogP contribution in [-0.4, -0.2) is 35.2 Å². The predicted octanol–water partition coefficient (Wildman–Crippen LogP) is 5.29. The lowest BCUT2D eigenvalue weighted by Gasteiger charge is -2.25. The highest BCUT2D eigenvalue weighted by atomic mass is 35.5. The van der Waals surface area contributed by atoms with E-state index in [1.165, 1.54) is 32.0 Å². The van der Waals surface area contributed by atoms with Gasteiger partial charge in [0.05, 0.1) is 10.6 Å². The molecule has 0 saturated heterocycles. The topological polar surface area (TPSA) is 105 Å². The number of carbonyl (C=O) groups is 3. The van der Waals surface area contributed by atoms with Gasteiger partial charge >= 0.3 is 12.1 Å². The molecule has 2 amide bonds. The van der Waals surface area contributed by atoms with E-state index in [-0.39, 0.29) is 28.8 Å². The number of alkyl carbamates (subject to hydrolysis) is 1. The number of hydrogen-bond acceptors (Lipinski definition) is 4. The molecule has 0 fully saturated rings. The number of carboxylic acid groups (broad SMARTS) is 1. The SMILES string of the molecule is CC(C)(NC(=O)OCC1c2ccccc2-c2ccccc21)C(=O)Nc1ccc(Cl)c(C(=O)O)c1. The molecule has 1 aliphatic rings. The number of ether oxygens (including phenoxy) is 1. The van der Waals surface area contributed by atoms with E-state index >= 15 is 0 Å². The van der Waals surface area contributed by atoms with Crippen LogP contribution in [0.3, 0.4) is 0 Å². The van der Waals surface area contributed by atoms with Crippen molar-refractivity contribution in [3.05, 3.63) is 88.4 Å². The Bertz CT molecular complexity index is 1240. The van der Waals surface area contributed by atoms with Gasteiger partial charge in [-0.15, -0.1) is 0 Å². The number of halogens is 1. The second kappa shape index (κ2) is 9.19. The highest BCUT2D eigenvalue weighted by molar-refractivity contribution is 6.33. The summed E-state index contributed by atoms with van der Waals surface area (Å²) in [5.41, 5.74) is 3.20. The Kier molecular flexibility index (Phi) is 6.30. The number of hydrogen-bond donors (Lipinski definition) is 3. The van der Waals surface area contributed by atoms with Crippen LogP contribution in [0, 0.1) is 0 Å². The zero-order valence-corrected chi connectivity index (χ0v) is 19.3. The van der Waals surface area contributed by atoms with Gasteiger partial charge in [-0.1, -0.05) is 60.1 Å². The van der Waals surface area contributed by atoms with Crippen molar-refractivity contribution in [3.8, 4) is 11.1 Å². The maximum absolute atomic E-state index is 12.8. The smallest absolute Gasteiger partial charge is 0.408 e. The molecule has 3 N–H and O–H groups in total. The largest absolute Gasteiger partial charge is 0.478 e. The number of amides is 2. The number of anilines is 1. The zero-order valence-electron chi connectivity index (χ0n) is 18.6. The van der Waals surface area contributed by atoms with Gasteiger partial charge in [-0.2, -0.15) is 0 Å². The van der Waals surface area contributed by atoms with Crippen LogP contribution in [0.15, 0.2) is 66.7 Å². The Hall–Kier alpha value is -3.84. The van der Waals surface area contributed by atoms with Crippen molar-refractivity contribution in [2.75, 3.05) is 11.9 Å². The molecule has 1 aliphatic carbocycles. The number of carboxylic acids is 1. The first-order valence-corrected chi connectivity index (χ1v) is 11.0. The van der Waals surface area contributed by atoms with E-state index in [9.17, 15) is 19.5 Å². The Morgan fingerprint density at radius 2 is 1.56 bits per heavy atom. The molecule has 7 nitrogen and oxygen atoms in total. The first kappa shape index (κ1) is 23.3. The second-order valence-corrected chi connectivity index (χ2v) is 8.94. The van der Waals surface area contributed by atoms with Gasteiger partial charge in [-0.05, 0) is 54.3 Å². The zero-order chi connectivity index (χ0) is 24.5. The normalized spacial score (nSPS) is 12.4. The Balaban J connectivity index is 1.40. The molecule has 0 radical (unpaired) electrons.